The van der Waals surface area contributed by atoms with E-state index in [1.54, 1.807) is 31.2 Å². The van der Waals surface area contributed by atoms with Gasteiger partial charge in [-0.25, -0.2) is 4.98 Å². The van der Waals surface area contributed by atoms with Crippen LogP contribution in [0.15, 0.2) is 48.7 Å². The molecular weight excluding hydrogens is 601 g/mol. The third-order valence-corrected chi connectivity index (χ3v) is 8.93. The summed E-state index contributed by atoms with van der Waals surface area (Å²) in [5.41, 5.74) is -0.233. The van der Waals surface area contributed by atoms with Crippen LogP contribution in [0.25, 0.3) is 0 Å². The van der Waals surface area contributed by atoms with Gasteiger partial charge in [-0.1, -0.05) is 18.2 Å². The molecule has 1 atom stereocenters. The number of piperidine rings is 1. The van der Waals surface area contributed by atoms with E-state index in [4.69, 9.17) is 9.47 Å². The Kier molecular flexibility index (Phi) is 9.75. The van der Waals surface area contributed by atoms with E-state index in [9.17, 15) is 27.0 Å². The fraction of sp³-hybridized carbons (Fsp3) is 0.448. The van der Waals surface area contributed by atoms with E-state index < -0.39 is 33.4 Å². The number of likely N-dealkylation sites (tertiary alicyclic amines) is 1. The molecule has 4 rings (SSSR count). The molecule has 2 aromatic carbocycles. The Hall–Kier alpha value is -3.50. The Morgan fingerprint density at radius 2 is 1.84 bits per heavy atom. The normalized spacial score (nSPS) is 16.5. The Balaban J connectivity index is 1.62. The highest BCUT2D eigenvalue weighted by Gasteiger charge is 2.37. The molecule has 242 valence electrons. The lowest BCUT2D eigenvalue weighted by Crippen LogP contribution is -2.48. The van der Waals surface area contributed by atoms with Crippen molar-refractivity contribution >= 4 is 26.9 Å². The first-order valence-corrected chi connectivity index (χ1v) is 16.7. The minimum Gasteiger partial charge on any atom is -0.495 e. The van der Waals surface area contributed by atoms with Crippen molar-refractivity contribution in [1.29, 1.82) is 0 Å². The number of ether oxygens (including phenoxy) is 2. The fourth-order valence-corrected chi connectivity index (χ4v) is 6.42. The molecule has 0 amide bonds. The van der Waals surface area contributed by atoms with Gasteiger partial charge in [-0.2, -0.15) is 22.4 Å². The van der Waals surface area contributed by atoms with Gasteiger partial charge in [0.2, 0.25) is 11.8 Å². The summed E-state index contributed by atoms with van der Waals surface area (Å²) in [5, 5.41) is 16.9. The number of para-hydroxylation sites is 2. The van der Waals surface area contributed by atoms with Gasteiger partial charge in [0.15, 0.2) is 5.75 Å². The number of hydrogen-bond donors (Lipinski definition) is 4. The van der Waals surface area contributed by atoms with Crippen LogP contribution >= 0.6 is 0 Å². The number of nitrogens with zero attached hydrogens (tertiary/aromatic N) is 4. The Labute approximate surface area is 254 Å². The number of nitrogens with one attached hydrogen (secondary N) is 2. The van der Waals surface area contributed by atoms with Gasteiger partial charge in [0, 0.05) is 31.3 Å². The summed E-state index contributed by atoms with van der Waals surface area (Å²) in [4.78, 5) is 10.1. The van der Waals surface area contributed by atoms with Gasteiger partial charge >= 0.3 is 6.18 Å². The van der Waals surface area contributed by atoms with Gasteiger partial charge in [0.05, 0.1) is 18.5 Å². The molecule has 1 fully saturated rings. The van der Waals surface area contributed by atoms with Crippen LogP contribution in [0, 0.1) is 0 Å². The number of methoxy groups -OCH3 is 1. The largest absolute Gasteiger partial charge is 0.495 e. The first kappa shape index (κ1) is 33.4. The van der Waals surface area contributed by atoms with Crippen LogP contribution in [0.3, 0.4) is 0 Å². The maximum absolute atomic E-state index is 14.0. The van der Waals surface area contributed by atoms with Crippen molar-refractivity contribution in [2.75, 3.05) is 55.9 Å². The molecule has 0 radical (unpaired) electrons. The second-order valence-corrected chi connectivity index (χ2v) is 15.0. The zero-order valence-electron chi connectivity index (χ0n) is 25.3. The molecule has 15 heteroatoms. The molecular formula is C29H39F3N6O5S. The number of aliphatic hydroxyl groups is 1. The highest BCUT2D eigenvalue weighted by atomic mass is 32.3. The van der Waals surface area contributed by atoms with Gasteiger partial charge < -0.3 is 24.8 Å². The first-order chi connectivity index (χ1) is 20.6. The lowest BCUT2D eigenvalue weighted by Gasteiger charge is -2.46. The van der Waals surface area contributed by atoms with Crippen LogP contribution in [0.5, 0.6) is 17.4 Å². The molecule has 1 unspecified atom stereocenters. The van der Waals surface area contributed by atoms with Crippen molar-refractivity contribution in [3.8, 4) is 17.4 Å². The molecule has 11 nitrogen and oxygen atoms in total. The molecule has 1 aliphatic rings. The molecule has 0 aliphatic carbocycles. The zero-order valence-corrected chi connectivity index (χ0v) is 26.1. The quantitative estimate of drug-likeness (QED) is 0.212. The number of hydrogen-bond acceptors (Lipinski definition) is 9. The third-order valence-electron chi connectivity index (χ3n) is 7.22. The van der Waals surface area contributed by atoms with Crippen LogP contribution < -0.4 is 24.4 Å². The average molecular weight is 641 g/mol. The van der Waals surface area contributed by atoms with Crippen LogP contribution in [0.4, 0.5) is 30.5 Å². The van der Waals surface area contributed by atoms with Gasteiger partial charge in [-0.05, 0) is 69.7 Å². The number of alkyl halides is 3. The molecule has 1 aromatic heterocycles. The van der Waals surface area contributed by atoms with Crippen molar-refractivity contribution in [1.82, 2.24) is 20.2 Å². The highest BCUT2D eigenvalue weighted by Crippen LogP contribution is 2.42. The van der Waals surface area contributed by atoms with Crippen molar-refractivity contribution in [3.63, 3.8) is 0 Å². The van der Waals surface area contributed by atoms with E-state index in [0.29, 0.717) is 23.2 Å². The summed E-state index contributed by atoms with van der Waals surface area (Å²) < 4.78 is 78.0. The van der Waals surface area contributed by atoms with Crippen molar-refractivity contribution in [2.24, 2.45) is 0 Å². The SMILES string of the molecule is CCN(c1ccccc1Oc1nc(Nc2ccc(C(O)NC3CCN(C)CC3)cc2OC)ncc1C(F)(F)F)S(C)(C)(=O)O. The summed E-state index contributed by atoms with van der Waals surface area (Å²) >= 11 is 0. The molecule has 3 aromatic rings. The average Bonchev–Trinajstić information content (AvgIpc) is 2.94. The molecule has 1 aliphatic heterocycles. The standard InChI is InChI=1S/C29H39F3N6O5S/c1-6-38(44(4,5,40)41)23-9-7-8-10-24(23)43-27-21(29(30,31)32)18-33-28(36-27)35-22-12-11-19(17-25(22)42-3)26(39)34-20-13-15-37(2)16-14-20/h7-12,17-18,20,26,34,39H,6,13-16H2,1-5H3,(H,40,41)(H,33,35,36). The minimum absolute atomic E-state index is 0.0793. The third kappa shape index (κ3) is 8.15. The topological polar surface area (TPSA) is 132 Å². The van der Waals surface area contributed by atoms with Crippen LogP contribution in [0.2, 0.25) is 0 Å². The minimum atomic E-state index is -4.85. The monoisotopic (exact) mass is 640 g/mol. The zero-order chi connectivity index (χ0) is 32.3. The Morgan fingerprint density at radius 1 is 1.16 bits per heavy atom. The lowest BCUT2D eigenvalue weighted by molar-refractivity contribution is -0.139. The molecule has 0 spiro atoms. The Morgan fingerprint density at radius 3 is 2.45 bits per heavy atom. The number of aliphatic hydroxyl groups excluding tert-OH is 1. The van der Waals surface area contributed by atoms with Gasteiger partial charge in [0.1, 0.15) is 17.5 Å². The summed E-state index contributed by atoms with van der Waals surface area (Å²) in [6.45, 7) is 3.58. The predicted molar refractivity (Wildman–Crippen MR) is 164 cm³/mol. The van der Waals surface area contributed by atoms with Crippen LogP contribution in [0.1, 0.15) is 37.1 Å². The predicted octanol–water partition coefficient (Wildman–Crippen LogP) is 5.01. The van der Waals surface area contributed by atoms with Crippen LogP contribution in [-0.4, -0.2) is 81.1 Å². The molecule has 1 saturated heterocycles. The summed E-state index contributed by atoms with van der Waals surface area (Å²) in [6.07, 6.45) is -1.11. The smallest absolute Gasteiger partial charge is 0.423 e. The lowest BCUT2D eigenvalue weighted by atomic mass is 10.0. The molecule has 0 bridgehead atoms. The number of anilines is 3. The van der Waals surface area contributed by atoms with E-state index in [2.05, 4.69) is 32.5 Å². The van der Waals surface area contributed by atoms with Crippen LogP contribution in [-0.2, 0) is 15.7 Å². The van der Waals surface area contributed by atoms with Crippen molar-refractivity contribution in [2.45, 2.75) is 38.2 Å². The van der Waals surface area contributed by atoms with Gasteiger partial charge in [-0.3, -0.25) is 14.2 Å². The molecule has 4 N–H and O–H groups in total. The number of rotatable bonds is 11. The number of halogens is 3. The number of benzene rings is 2. The summed E-state index contributed by atoms with van der Waals surface area (Å²) in [5.74, 6) is -0.824. The second kappa shape index (κ2) is 12.9. The van der Waals surface area contributed by atoms with E-state index in [1.165, 1.54) is 29.6 Å². The van der Waals surface area contributed by atoms with E-state index in [0.717, 1.165) is 38.4 Å². The number of aromatic nitrogens is 2. The van der Waals surface area contributed by atoms with E-state index >= 15 is 0 Å². The van der Waals surface area contributed by atoms with Gasteiger partial charge in [-0.15, -0.1) is 9.53 Å². The van der Waals surface area contributed by atoms with E-state index in [1.807, 2.05) is 0 Å². The summed E-state index contributed by atoms with van der Waals surface area (Å²) in [6, 6.07) is 11.0. The molecule has 2 heterocycles. The van der Waals surface area contributed by atoms with Crippen molar-refractivity contribution in [3.05, 3.63) is 59.8 Å². The van der Waals surface area contributed by atoms with Gasteiger partial charge in [0.25, 0.3) is 0 Å². The molecule has 44 heavy (non-hydrogen) atoms. The Bertz CT molecular complexity index is 1520. The highest BCUT2D eigenvalue weighted by molar-refractivity contribution is 8.15. The fourth-order valence-electron chi connectivity index (χ4n) is 4.97. The maximum Gasteiger partial charge on any atom is 0.423 e. The van der Waals surface area contributed by atoms with E-state index in [-0.39, 0.29) is 30.0 Å². The maximum atomic E-state index is 14.0. The molecule has 0 saturated carbocycles. The second-order valence-electron chi connectivity index (χ2n) is 11.1. The first-order valence-electron chi connectivity index (χ1n) is 14.0. The summed E-state index contributed by atoms with van der Waals surface area (Å²) in [7, 11) is -0.857. The van der Waals surface area contributed by atoms with Crippen molar-refractivity contribution < 1.29 is 36.5 Å².